The number of aromatic nitrogens is 1. The van der Waals surface area contributed by atoms with Gasteiger partial charge in [-0.15, -0.1) is 0 Å². The number of nitrogens with zero attached hydrogens (tertiary/aromatic N) is 1. The van der Waals surface area contributed by atoms with E-state index in [-0.39, 0.29) is 5.69 Å². The highest BCUT2D eigenvalue weighted by atomic mass is 16.4. The maximum atomic E-state index is 10.8. The first-order chi connectivity index (χ1) is 9.16. The number of anilines is 1. The lowest BCUT2D eigenvalue weighted by Crippen LogP contribution is -2.12. The summed E-state index contributed by atoms with van der Waals surface area (Å²) in [5.41, 5.74) is 1.29. The number of carbonyl (C=O) groups is 1. The van der Waals surface area contributed by atoms with Crippen LogP contribution in [-0.4, -0.2) is 22.6 Å². The molecule has 0 aliphatic rings. The van der Waals surface area contributed by atoms with Crippen LogP contribution in [0, 0.1) is 0 Å². The molecule has 0 saturated heterocycles. The molecule has 0 fully saturated rings. The Kier molecular flexibility index (Phi) is 4.13. The molecule has 1 atom stereocenters. The fourth-order valence-corrected chi connectivity index (χ4v) is 1.81. The number of nitrogens with one attached hydrogen (secondary N) is 1. The molecular weight excluding hydrogens is 240 g/mol. The highest BCUT2D eigenvalue weighted by Crippen LogP contribution is 2.15. The van der Waals surface area contributed by atoms with Gasteiger partial charge in [-0.25, -0.2) is 9.78 Å². The van der Waals surface area contributed by atoms with Crippen LogP contribution in [0.1, 0.15) is 28.9 Å². The quantitative estimate of drug-likeness (QED) is 0.863. The van der Waals surface area contributed by atoms with Crippen molar-refractivity contribution in [2.24, 2.45) is 0 Å². The van der Waals surface area contributed by atoms with E-state index >= 15 is 0 Å². The number of hydrogen-bond donors (Lipinski definition) is 2. The van der Waals surface area contributed by atoms with E-state index in [1.807, 2.05) is 18.2 Å². The largest absolute Gasteiger partial charge is 0.477 e. The van der Waals surface area contributed by atoms with Crippen LogP contribution >= 0.6 is 0 Å². The van der Waals surface area contributed by atoms with Gasteiger partial charge < -0.3 is 10.4 Å². The van der Waals surface area contributed by atoms with Gasteiger partial charge in [-0.3, -0.25) is 0 Å². The summed E-state index contributed by atoms with van der Waals surface area (Å²) in [5, 5.41) is 12.0. The van der Waals surface area contributed by atoms with Crippen LogP contribution in [-0.2, 0) is 0 Å². The zero-order chi connectivity index (χ0) is 13.7. The third kappa shape index (κ3) is 3.55. The molecule has 0 aliphatic carbocycles. The molecule has 2 N–H and O–H groups in total. The Hall–Kier alpha value is -2.36. The van der Waals surface area contributed by atoms with Gasteiger partial charge in [0.2, 0.25) is 0 Å². The lowest BCUT2D eigenvalue weighted by atomic mass is 10.0. The molecule has 98 valence electrons. The minimum Gasteiger partial charge on any atom is -0.477 e. The van der Waals surface area contributed by atoms with Crippen molar-refractivity contribution < 1.29 is 9.90 Å². The first-order valence-electron chi connectivity index (χ1n) is 6.16. The fraction of sp³-hybridized carbons (Fsp3) is 0.200. The molecule has 0 saturated carbocycles. The number of carboxylic acid groups (broad SMARTS) is 1. The van der Waals surface area contributed by atoms with Crippen molar-refractivity contribution in [3.63, 3.8) is 0 Å². The highest BCUT2D eigenvalue weighted by molar-refractivity contribution is 5.85. The molecule has 2 aromatic rings. The number of hydrogen-bond acceptors (Lipinski definition) is 3. The summed E-state index contributed by atoms with van der Waals surface area (Å²) >= 11 is 0. The van der Waals surface area contributed by atoms with E-state index in [1.165, 1.54) is 11.6 Å². The maximum Gasteiger partial charge on any atom is 0.354 e. The number of pyridine rings is 1. The molecule has 0 bridgehead atoms. The highest BCUT2D eigenvalue weighted by Gasteiger charge is 2.07. The van der Waals surface area contributed by atoms with E-state index in [1.54, 1.807) is 12.1 Å². The fourth-order valence-electron chi connectivity index (χ4n) is 1.81. The van der Waals surface area contributed by atoms with Gasteiger partial charge in [-0.05, 0) is 23.6 Å². The Morgan fingerprint density at radius 3 is 2.63 bits per heavy atom. The predicted molar refractivity (Wildman–Crippen MR) is 74.5 cm³/mol. The topological polar surface area (TPSA) is 62.2 Å². The SMILES string of the molecule is CC(CNc1cccc(C(=O)O)n1)c1ccccc1. The summed E-state index contributed by atoms with van der Waals surface area (Å²) in [6, 6.07) is 15.1. The van der Waals surface area contributed by atoms with E-state index in [4.69, 9.17) is 5.11 Å². The van der Waals surface area contributed by atoms with Crippen LogP contribution in [0.25, 0.3) is 0 Å². The smallest absolute Gasteiger partial charge is 0.354 e. The monoisotopic (exact) mass is 256 g/mol. The molecule has 0 spiro atoms. The van der Waals surface area contributed by atoms with Crippen LogP contribution in [0.5, 0.6) is 0 Å². The van der Waals surface area contributed by atoms with Crippen molar-refractivity contribution >= 4 is 11.8 Å². The van der Waals surface area contributed by atoms with Crippen molar-refractivity contribution in [2.45, 2.75) is 12.8 Å². The van der Waals surface area contributed by atoms with Gasteiger partial charge in [0.05, 0.1) is 0 Å². The van der Waals surface area contributed by atoms with Crippen molar-refractivity contribution in [1.82, 2.24) is 4.98 Å². The van der Waals surface area contributed by atoms with Crippen molar-refractivity contribution in [2.75, 3.05) is 11.9 Å². The molecule has 0 radical (unpaired) electrons. The Balaban J connectivity index is 1.99. The predicted octanol–water partition coefficient (Wildman–Crippen LogP) is 3.00. The molecule has 1 heterocycles. The minimum atomic E-state index is -1.01. The van der Waals surface area contributed by atoms with Crippen LogP contribution in [0.15, 0.2) is 48.5 Å². The zero-order valence-electron chi connectivity index (χ0n) is 10.7. The molecule has 1 unspecified atom stereocenters. The lowest BCUT2D eigenvalue weighted by molar-refractivity contribution is 0.0690. The van der Waals surface area contributed by atoms with E-state index < -0.39 is 5.97 Å². The van der Waals surface area contributed by atoms with E-state index in [9.17, 15) is 4.79 Å². The van der Waals surface area contributed by atoms with E-state index in [0.29, 0.717) is 18.3 Å². The Labute approximate surface area is 112 Å². The van der Waals surface area contributed by atoms with Gasteiger partial charge in [0, 0.05) is 6.54 Å². The Bertz CT molecular complexity index is 555. The molecule has 4 heteroatoms. The lowest BCUT2D eigenvalue weighted by Gasteiger charge is -2.13. The van der Waals surface area contributed by atoms with Gasteiger partial charge in [-0.1, -0.05) is 43.3 Å². The molecule has 1 aromatic carbocycles. The molecule has 0 amide bonds. The molecule has 2 rings (SSSR count). The summed E-state index contributed by atoms with van der Waals surface area (Å²) in [4.78, 5) is 14.8. The Morgan fingerprint density at radius 1 is 1.21 bits per heavy atom. The number of carboxylic acids is 1. The summed E-state index contributed by atoms with van der Waals surface area (Å²) in [7, 11) is 0. The third-order valence-electron chi connectivity index (χ3n) is 2.93. The molecule has 19 heavy (non-hydrogen) atoms. The molecule has 4 nitrogen and oxygen atoms in total. The van der Waals surface area contributed by atoms with Crippen LogP contribution < -0.4 is 5.32 Å². The second-order valence-electron chi connectivity index (χ2n) is 4.41. The summed E-state index contributed by atoms with van der Waals surface area (Å²) in [6.07, 6.45) is 0. The van der Waals surface area contributed by atoms with Gasteiger partial charge in [0.15, 0.2) is 5.69 Å². The van der Waals surface area contributed by atoms with Gasteiger partial charge in [-0.2, -0.15) is 0 Å². The zero-order valence-corrected chi connectivity index (χ0v) is 10.7. The molecular formula is C15H16N2O2. The van der Waals surface area contributed by atoms with Crippen LogP contribution in [0.2, 0.25) is 0 Å². The molecule has 0 aliphatic heterocycles. The number of benzene rings is 1. The normalized spacial score (nSPS) is 11.8. The van der Waals surface area contributed by atoms with Crippen molar-refractivity contribution in [3.8, 4) is 0 Å². The van der Waals surface area contributed by atoms with Crippen molar-refractivity contribution in [3.05, 3.63) is 59.8 Å². The first-order valence-corrected chi connectivity index (χ1v) is 6.16. The summed E-state index contributed by atoms with van der Waals surface area (Å²) < 4.78 is 0. The Morgan fingerprint density at radius 2 is 1.95 bits per heavy atom. The average molecular weight is 256 g/mol. The second kappa shape index (κ2) is 6.00. The maximum absolute atomic E-state index is 10.8. The summed E-state index contributed by atoms with van der Waals surface area (Å²) in [5.74, 6) is -0.0982. The van der Waals surface area contributed by atoms with Crippen molar-refractivity contribution in [1.29, 1.82) is 0 Å². The average Bonchev–Trinajstić information content (AvgIpc) is 2.46. The minimum absolute atomic E-state index is 0.0531. The number of rotatable bonds is 5. The standard InChI is InChI=1S/C15H16N2O2/c1-11(12-6-3-2-4-7-12)10-16-14-9-5-8-13(17-14)15(18)19/h2-9,11H,10H2,1H3,(H,16,17)(H,18,19). The molecule has 1 aromatic heterocycles. The van der Waals surface area contributed by atoms with Gasteiger partial charge >= 0.3 is 5.97 Å². The van der Waals surface area contributed by atoms with Gasteiger partial charge in [0.1, 0.15) is 5.82 Å². The van der Waals surface area contributed by atoms with Crippen LogP contribution in [0.4, 0.5) is 5.82 Å². The second-order valence-corrected chi connectivity index (χ2v) is 4.41. The first kappa shape index (κ1) is 13.1. The summed E-state index contributed by atoms with van der Waals surface area (Å²) in [6.45, 7) is 2.82. The van der Waals surface area contributed by atoms with E-state index in [0.717, 1.165) is 0 Å². The van der Waals surface area contributed by atoms with Crippen LogP contribution in [0.3, 0.4) is 0 Å². The van der Waals surface area contributed by atoms with Gasteiger partial charge in [0.25, 0.3) is 0 Å². The third-order valence-corrected chi connectivity index (χ3v) is 2.93. The van der Waals surface area contributed by atoms with E-state index in [2.05, 4.69) is 29.4 Å². The number of aromatic carboxylic acids is 1.